The van der Waals surface area contributed by atoms with Crippen LogP contribution in [0.5, 0.6) is 0 Å². The predicted octanol–water partition coefficient (Wildman–Crippen LogP) is 3.05. The minimum Gasteiger partial charge on any atom is -0.444 e. The van der Waals surface area contributed by atoms with E-state index in [-0.39, 0.29) is 18.3 Å². The van der Waals surface area contributed by atoms with E-state index in [0.717, 1.165) is 16.8 Å². The van der Waals surface area contributed by atoms with Gasteiger partial charge < -0.3 is 15.0 Å². The molecule has 0 bridgehead atoms. The molecule has 1 saturated heterocycles. The van der Waals surface area contributed by atoms with Gasteiger partial charge in [-0.1, -0.05) is 24.3 Å². The van der Waals surface area contributed by atoms with Gasteiger partial charge in [0, 0.05) is 32.9 Å². The third-order valence-electron chi connectivity index (χ3n) is 5.37. The first-order valence-corrected chi connectivity index (χ1v) is 10.4. The van der Waals surface area contributed by atoms with Crippen molar-refractivity contribution in [2.24, 2.45) is 7.05 Å². The van der Waals surface area contributed by atoms with Crippen molar-refractivity contribution in [2.45, 2.75) is 39.0 Å². The van der Waals surface area contributed by atoms with Crippen LogP contribution in [0.2, 0.25) is 0 Å². The molecule has 0 saturated carbocycles. The number of benzene rings is 1. The quantitative estimate of drug-likeness (QED) is 0.638. The lowest BCUT2D eigenvalue weighted by Crippen LogP contribution is -2.60. The van der Waals surface area contributed by atoms with Crippen LogP contribution in [0.3, 0.4) is 0 Å². The molecule has 0 radical (unpaired) electrons. The van der Waals surface area contributed by atoms with Gasteiger partial charge >= 0.3 is 11.8 Å². The number of carbonyl (C=O) groups is 1. The smallest absolute Gasteiger partial charge is 0.407 e. The molecule has 32 heavy (non-hydrogen) atoms. The first-order chi connectivity index (χ1) is 15.2. The van der Waals surface area contributed by atoms with Crippen molar-refractivity contribution >= 4 is 28.6 Å². The number of rotatable bonds is 4. The zero-order chi connectivity index (χ0) is 23.0. The highest BCUT2D eigenvalue weighted by Crippen LogP contribution is 2.30. The summed E-state index contributed by atoms with van der Waals surface area (Å²) >= 11 is 0. The average molecular weight is 435 g/mol. The summed E-state index contributed by atoms with van der Waals surface area (Å²) in [5.41, 5.74) is 2.73. The summed E-state index contributed by atoms with van der Waals surface area (Å²) < 4.78 is 8.52. The molecule has 2 aromatic heterocycles. The number of aryl methyl sites for hydroxylation is 1. The molecular formula is C23H26N6O3. The second-order valence-electron chi connectivity index (χ2n) is 8.92. The van der Waals surface area contributed by atoms with Crippen LogP contribution in [0.4, 0.5) is 16.2 Å². The van der Waals surface area contributed by atoms with Crippen molar-refractivity contribution in [1.29, 1.82) is 0 Å². The molecule has 0 spiro atoms. The SMILES string of the molecule is [C-]#[N+]c1ccccc1Cn1c(=O)n(C)c2nccc(N3CC(NC(=O)OC(C)(C)C)C3)c21. The first kappa shape index (κ1) is 21.4. The molecule has 1 fully saturated rings. The van der Waals surface area contributed by atoms with Crippen LogP contribution in [-0.4, -0.2) is 44.9 Å². The summed E-state index contributed by atoms with van der Waals surface area (Å²) in [6.07, 6.45) is 1.25. The summed E-state index contributed by atoms with van der Waals surface area (Å²) in [5.74, 6) is 0. The zero-order valence-electron chi connectivity index (χ0n) is 18.6. The number of amides is 1. The Hall–Kier alpha value is -3.80. The van der Waals surface area contributed by atoms with E-state index in [1.54, 1.807) is 23.9 Å². The van der Waals surface area contributed by atoms with Gasteiger partial charge in [0.1, 0.15) is 11.1 Å². The van der Waals surface area contributed by atoms with Crippen LogP contribution in [0, 0.1) is 6.57 Å². The number of carbonyl (C=O) groups excluding carboxylic acids is 1. The summed E-state index contributed by atoms with van der Waals surface area (Å²) in [4.78, 5) is 35.2. The number of ether oxygens (including phenoxy) is 1. The highest BCUT2D eigenvalue weighted by Gasteiger charge is 2.32. The van der Waals surface area contributed by atoms with Crippen molar-refractivity contribution in [3.05, 3.63) is 64.0 Å². The third kappa shape index (κ3) is 4.04. The lowest BCUT2D eigenvalue weighted by Gasteiger charge is -2.41. The Bertz CT molecular complexity index is 1270. The van der Waals surface area contributed by atoms with E-state index in [0.29, 0.717) is 24.4 Å². The van der Waals surface area contributed by atoms with Gasteiger partial charge in [-0.05, 0) is 32.4 Å². The molecule has 9 heteroatoms. The molecule has 1 N–H and O–H groups in total. The Morgan fingerprint density at radius 1 is 1.28 bits per heavy atom. The maximum Gasteiger partial charge on any atom is 0.407 e. The van der Waals surface area contributed by atoms with Gasteiger partial charge in [-0.15, -0.1) is 0 Å². The zero-order valence-corrected chi connectivity index (χ0v) is 18.6. The third-order valence-corrected chi connectivity index (χ3v) is 5.37. The number of nitrogens with zero attached hydrogens (tertiary/aromatic N) is 5. The summed E-state index contributed by atoms with van der Waals surface area (Å²) in [6.45, 7) is 14.4. The van der Waals surface area contributed by atoms with Gasteiger partial charge in [0.15, 0.2) is 11.3 Å². The van der Waals surface area contributed by atoms with Crippen molar-refractivity contribution in [3.63, 3.8) is 0 Å². The van der Waals surface area contributed by atoms with Crippen LogP contribution in [0.25, 0.3) is 16.0 Å². The van der Waals surface area contributed by atoms with E-state index in [1.807, 2.05) is 45.0 Å². The Morgan fingerprint density at radius 2 is 2.00 bits per heavy atom. The minimum atomic E-state index is -0.549. The second kappa shape index (κ2) is 8.04. The largest absolute Gasteiger partial charge is 0.444 e. The Morgan fingerprint density at radius 3 is 2.69 bits per heavy atom. The number of nitrogens with one attached hydrogen (secondary N) is 1. The molecule has 0 atom stereocenters. The van der Waals surface area contributed by atoms with Crippen molar-refractivity contribution in [1.82, 2.24) is 19.4 Å². The number of imidazole rings is 1. The fourth-order valence-electron chi connectivity index (χ4n) is 3.87. The molecule has 3 heterocycles. The van der Waals surface area contributed by atoms with Crippen LogP contribution >= 0.6 is 0 Å². The summed E-state index contributed by atoms with van der Waals surface area (Å²) in [7, 11) is 1.70. The first-order valence-electron chi connectivity index (χ1n) is 10.4. The summed E-state index contributed by atoms with van der Waals surface area (Å²) in [5, 5.41) is 2.88. The van der Waals surface area contributed by atoms with Crippen LogP contribution in [-0.2, 0) is 18.3 Å². The number of para-hydroxylation sites is 1. The fourth-order valence-corrected chi connectivity index (χ4v) is 3.87. The molecule has 4 rings (SSSR count). The molecular weight excluding hydrogens is 408 g/mol. The average Bonchev–Trinajstić information content (AvgIpc) is 2.95. The number of alkyl carbamates (subject to hydrolysis) is 1. The van der Waals surface area contributed by atoms with Crippen LogP contribution in [0.1, 0.15) is 26.3 Å². The van der Waals surface area contributed by atoms with Crippen LogP contribution in [0.15, 0.2) is 41.3 Å². The maximum absolute atomic E-state index is 13.0. The van der Waals surface area contributed by atoms with Gasteiger partial charge in [-0.2, -0.15) is 0 Å². The van der Waals surface area contributed by atoms with Gasteiger partial charge in [0.2, 0.25) is 0 Å². The lowest BCUT2D eigenvalue weighted by molar-refractivity contribution is 0.0496. The van der Waals surface area contributed by atoms with Gasteiger partial charge in [-0.25, -0.2) is 19.4 Å². The number of fused-ring (bicyclic) bond motifs is 1. The number of pyridine rings is 1. The normalized spacial score (nSPS) is 14.2. The second-order valence-corrected chi connectivity index (χ2v) is 8.92. The molecule has 166 valence electrons. The molecule has 9 nitrogen and oxygen atoms in total. The van der Waals surface area contributed by atoms with E-state index in [2.05, 4.69) is 20.0 Å². The molecule has 1 aromatic carbocycles. The summed E-state index contributed by atoms with van der Waals surface area (Å²) in [6, 6.07) is 9.12. The Labute approximate surface area is 186 Å². The van der Waals surface area contributed by atoms with Crippen LogP contribution < -0.4 is 15.9 Å². The van der Waals surface area contributed by atoms with Crippen molar-refractivity contribution < 1.29 is 9.53 Å². The van der Waals surface area contributed by atoms with Gasteiger partial charge in [0.05, 0.1) is 18.3 Å². The number of anilines is 1. The fraction of sp³-hybridized carbons (Fsp3) is 0.391. The monoisotopic (exact) mass is 434 g/mol. The Balaban J connectivity index is 1.62. The van der Waals surface area contributed by atoms with Gasteiger partial charge in [0.25, 0.3) is 0 Å². The maximum atomic E-state index is 13.0. The number of aromatic nitrogens is 3. The van der Waals surface area contributed by atoms with E-state index >= 15 is 0 Å². The molecule has 0 aliphatic carbocycles. The number of hydrogen-bond donors (Lipinski definition) is 1. The predicted molar refractivity (Wildman–Crippen MR) is 122 cm³/mol. The van der Waals surface area contributed by atoms with Crippen molar-refractivity contribution in [3.8, 4) is 0 Å². The topological polar surface area (TPSA) is 85.8 Å². The number of hydrogen-bond acceptors (Lipinski definition) is 5. The van der Waals surface area contributed by atoms with E-state index in [1.165, 1.54) is 4.57 Å². The van der Waals surface area contributed by atoms with E-state index < -0.39 is 11.7 Å². The standard InChI is InChI=1S/C23H26N6O3/c1-23(2,3)32-21(30)26-16-13-28(14-16)18-10-11-25-20-19(18)29(22(31)27(20)5)12-15-8-6-7-9-17(15)24-4/h6-11,16H,12-14H2,1-3,5H3,(H,26,30). The molecule has 0 unspecified atom stereocenters. The van der Waals surface area contributed by atoms with Gasteiger partial charge in [-0.3, -0.25) is 9.13 Å². The minimum absolute atomic E-state index is 0.0419. The highest BCUT2D eigenvalue weighted by molar-refractivity contribution is 5.87. The molecule has 1 amide bonds. The lowest BCUT2D eigenvalue weighted by atomic mass is 10.1. The molecule has 3 aromatic rings. The molecule has 1 aliphatic rings. The highest BCUT2D eigenvalue weighted by atomic mass is 16.6. The van der Waals surface area contributed by atoms with E-state index in [4.69, 9.17) is 11.3 Å². The van der Waals surface area contributed by atoms with Crippen molar-refractivity contribution in [2.75, 3.05) is 18.0 Å². The van der Waals surface area contributed by atoms with E-state index in [9.17, 15) is 9.59 Å². The molecule has 1 aliphatic heterocycles. The Kier molecular flexibility index (Phi) is 5.38.